The highest BCUT2D eigenvalue weighted by molar-refractivity contribution is 5.84. The van der Waals surface area contributed by atoms with Crippen molar-refractivity contribution in [3.63, 3.8) is 0 Å². The fourth-order valence-corrected chi connectivity index (χ4v) is 1.30. The maximum absolute atomic E-state index is 10.6. The molecule has 0 aliphatic heterocycles. The van der Waals surface area contributed by atoms with Crippen molar-refractivity contribution in [2.75, 3.05) is 11.9 Å². The van der Waals surface area contributed by atoms with Crippen LogP contribution in [0.15, 0.2) is 31.1 Å². The number of hydrogen-bond donors (Lipinski definition) is 2. The summed E-state index contributed by atoms with van der Waals surface area (Å²) >= 11 is 0. The van der Waals surface area contributed by atoms with Crippen molar-refractivity contribution in [3.05, 3.63) is 36.8 Å². The van der Waals surface area contributed by atoms with Crippen molar-refractivity contribution in [1.82, 2.24) is 19.5 Å². The molecule has 88 valence electrons. The summed E-state index contributed by atoms with van der Waals surface area (Å²) in [6, 6.07) is 1.76. The van der Waals surface area contributed by atoms with Gasteiger partial charge in [-0.2, -0.15) is 0 Å². The van der Waals surface area contributed by atoms with E-state index in [0.29, 0.717) is 13.1 Å². The Bertz CT molecular complexity index is 496. The molecule has 2 N–H and O–H groups in total. The van der Waals surface area contributed by atoms with Gasteiger partial charge in [-0.05, 0) is 6.07 Å². The Kier molecular flexibility index (Phi) is 3.29. The molecule has 0 saturated carbocycles. The lowest BCUT2D eigenvalue weighted by Gasteiger charge is -2.04. The molecule has 7 nitrogen and oxygen atoms in total. The molecule has 17 heavy (non-hydrogen) atoms. The largest absolute Gasteiger partial charge is 0.476 e. The molecule has 0 aliphatic rings. The highest BCUT2D eigenvalue weighted by atomic mass is 16.4. The van der Waals surface area contributed by atoms with E-state index in [1.807, 2.05) is 0 Å². The molecule has 0 bridgehead atoms. The first kappa shape index (κ1) is 11.1. The standard InChI is InChI=1S/C10H11N5O2/c16-10(17)8-5-15(7-14-8)4-3-12-9-1-2-11-6-13-9/h1-2,5-7H,3-4H2,(H,16,17)(H,11,12,13). The highest BCUT2D eigenvalue weighted by Crippen LogP contribution is 1.99. The van der Waals surface area contributed by atoms with E-state index in [2.05, 4.69) is 20.3 Å². The molecule has 0 aliphatic carbocycles. The van der Waals surface area contributed by atoms with Gasteiger partial charge < -0.3 is 15.0 Å². The molecule has 2 aromatic heterocycles. The number of hydrogen-bond acceptors (Lipinski definition) is 5. The second-order valence-electron chi connectivity index (χ2n) is 3.32. The molecular formula is C10H11N5O2. The summed E-state index contributed by atoms with van der Waals surface area (Å²) in [4.78, 5) is 22.2. The topological polar surface area (TPSA) is 92.9 Å². The van der Waals surface area contributed by atoms with Crippen LogP contribution in [0.4, 0.5) is 5.82 Å². The smallest absolute Gasteiger partial charge is 0.356 e. The van der Waals surface area contributed by atoms with Gasteiger partial charge in [0.1, 0.15) is 12.1 Å². The summed E-state index contributed by atoms with van der Waals surface area (Å²) in [6.45, 7) is 1.25. The third kappa shape index (κ3) is 3.00. The molecule has 0 amide bonds. The molecule has 2 heterocycles. The first-order valence-corrected chi connectivity index (χ1v) is 5.00. The van der Waals surface area contributed by atoms with Gasteiger partial charge in [0.2, 0.25) is 0 Å². The first-order chi connectivity index (χ1) is 8.25. The van der Waals surface area contributed by atoms with Gasteiger partial charge in [-0.25, -0.2) is 19.7 Å². The van der Waals surface area contributed by atoms with E-state index < -0.39 is 5.97 Å². The number of aromatic carboxylic acids is 1. The van der Waals surface area contributed by atoms with Crippen LogP contribution in [0, 0.1) is 0 Å². The van der Waals surface area contributed by atoms with E-state index in [0.717, 1.165) is 5.82 Å². The maximum atomic E-state index is 10.6. The molecule has 0 unspecified atom stereocenters. The minimum absolute atomic E-state index is 0.0482. The van der Waals surface area contributed by atoms with Crippen molar-refractivity contribution in [2.24, 2.45) is 0 Å². The van der Waals surface area contributed by atoms with E-state index in [1.165, 1.54) is 18.9 Å². The Labute approximate surface area is 97.2 Å². The number of nitrogens with one attached hydrogen (secondary N) is 1. The van der Waals surface area contributed by atoms with Crippen molar-refractivity contribution in [3.8, 4) is 0 Å². The number of carboxylic acid groups (broad SMARTS) is 1. The first-order valence-electron chi connectivity index (χ1n) is 5.00. The molecule has 0 aromatic carbocycles. The molecule has 0 atom stereocenters. The maximum Gasteiger partial charge on any atom is 0.356 e. The number of aromatic nitrogens is 4. The van der Waals surface area contributed by atoms with Crippen LogP contribution < -0.4 is 5.32 Å². The average molecular weight is 233 g/mol. The van der Waals surface area contributed by atoms with Gasteiger partial charge in [0.05, 0.1) is 6.33 Å². The van der Waals surface area contributed by atoms with E-state index in [1.54, 1.807) is 16.8 Å². The van der Waals surface area contributed by atoms with E-state index in [9.17, 15) is 4.79 Å². The van der Waals surface area contributed by atoms with Gasteiger partial charge in [0.25, 0.3) is 0 Å². The van der Waals surface area contributed by atoms with Crippen molar-refractivity contribution >= 4 is 11.8 Å². The van der Waals surface area contributed by atoms with E-state index in [-0.39, 0.29) is 5.69 Å². The Hall–Kier alpha value is -2.44. The molecule has 7 heteroatoms. The van der Waals surface area contributed by atoms with Crippen LogP contribution in [-0.2, 0) is 6.54 Å². The summed E-state index contributed by atoms with van der Waals surface area (Å²) in [5.74, 6) is -0.286. The highest BCUT2D eigenvalue weighted by Gasteiger charge is 2.05. The minimum atomic E-state index is -1.02. The minimum Gasteiger partial charge on any atom is -0.476 e. The van der Waals surface area contributed by atoms with Crippen LogP contribution in [0.5, 0.6) is 0 Å². The van der Waals surface area contributed by atoms with Crippen LogP contribution in [-0.4, -0.2) is 37.1 Å². The van der Waals surface area contributed by atoms with Crippen molar-refractivity contribution < 1.29 is 9.90 Å². The van der Waals surface area contributed by atoms with Crippen LogP contribution in [0.25, 0.3) is 0 Å². The Morgan fingerprint density at radius 3 is 3.00 bits per heavy atom. The van der Waals surface area contributed by atoms with Gasteiger partial charge >= 0.3 is 5.97 Å². The van der Waals surface area contributed by atoms with Gasteiger partial charge in [-0.1, -0.05) is 0 Å². The van der Waals surface area contributed by atoms with Crippen molar-refractivity contribution in [1.29, 1.82) is 0 Å². The third-order valence-electron chi connectivity index (χ3n) is 2.11. The van der Waals surface area contributed by atoms with Gasteiger partial charge in [0.15, 0.2) is 5.69 Å². The zero-order valence-corrected chi connectivity index (χ0v) is 8.95. The average Bonchev–Trinajstić information content (AvgIpc) is 2.79. The van der Waals surface area contributed by atoms with Crippen molar-refractivity contribution in [2.45, 2.75) is 6.54 Å². The third-order valence-corrected chi connectivity index (χ3v) is 2.11. The van der Waals surface area contributed by atoms with E-state index in [4.69, 9.17) is 5.11 Å². The molecular weight excluding hydrogens is 222 g/mol. The fourth-order valence-electron chi connectivity index (χ4n) is 1.30. The normalized spacial score (nSPS) is 10.1. The Balaban J connectivity index is 1.84. The predicted octanol–water partition coefficient (Wildman–Crippen LogP) is 0.483. The number of anilines is 1. The molecule has 2 rings (SSSR count). The molecule has 2 aromatic rings. The molecule has 0 radical (unpaired) electrons. The zero-order valence-electron chi connectivity index (χ0n) is 8.95. The monoisotopic (exact) mass is 233 g/mol. The quantitative estimate of drug-likeness (QED) is 0.780. The number of nitrogens with zero attached hydrogens (tertiary/aromatic N) is 4. The SMILES string of the molecule is O=C(O)c1cn(CCNc2ccncn2)cn1. The number of imidazole rings is 1. The molecule has 0 saturated heterocycles. The number of carboxylic acids is 1. The second kappa shape index (κ2) is 5.06. The van der Waals surface area contributed by atoms with Crippen LogP contribution in [0.2, 0.25) is 0 Å². The Morgan fingerprint density at radius 2 is 2.35 bits per heavy atom. The summed E-state index contributed by atoms with van der Waals surface area (Å²) in [7, 11) is 0. The van der Waals surface area contributed by atoms with Gasteiger partial charge in [-0.3, -0.25) is 0 Å². The second-order valence-corrected chi connectivity index (χ2v) is 3.32. The Morgan fingerprint density at radius 1 is 1.47 bits per heavy atom. The van der Waals surface area contributed by atoms with Crippen LogP contribution in [0.3, 0.4) is 0 Å². The predicted molar refractivity (Wildman–Crippen MR) is 59.7 cm³/mol. The van der Waals surface area contributed by atoms with E-state index >= 15 is 0 Å². The molecule has 0 fully saturated rings. The van der Waals surface area contributed by atoms with Crippen LogP contribution in [0.1, 0.15) is 10.5 Å². The fraction of sp³-hybridized carbons (Fsp3) is 0.200. The summed E-state index contributed by atoms with van der Waals surface area (Å²) in [6.07, 6.45) is 6.09. The lowest BCUT2D eigenvalue weighted by Crippen LogP contribution is -2.10. The summed E-state index contributed by atoms with van der Waals surface area (Å²) in [5.41, 5.74) is 0.0482. The van der Waals surface area contributed by atoms with Gasteiger partial charge in [0, 0.05) is 25.5 Å². The number of rotatable bonds is 5. The summed E-state index contributed by atoms with van der Waals surface area (Å²) < 4.78 is 1.71. The zero-order chi connectivity index (χ0) is 12.1. The lowest BCUT2D eigenvalue weighted by atomic mass is 10.5. The summed E-state index contributed by atoms with van der Waals surface area (Å²) in [5, 5.41) is 11.8. The van der Waals surface area contributed by atoms with Gasteiger partial charge in [-0.15, -0.1) is 0 Å². The lowest BCUT2D eigenvalue weighted by molar-refractivity contribution is 0.0691. The number of carbonyl (C=O) groups is 1. The van der Waals surface area contributed by atoms with Crippen LogP contribution >= 0.6 is 0 Å². The molecule has 0 spiro atoms.